The number of carbonyl (C=O) groups is 3. The van der Waals surface area contributed by atoms with Crippen molar-refractivity contribution >= 4 is 40.0 Å². The zero-order valence-electron chi connectivity index (χ0n) is 25.2. The number of fused-ring (bicyclic) bond motifs is 2. The number of nitrogens with zero attached hydrogens (tertiary/aromatic N) is 7. The number of hydrogen-bond acceptors (Lipinski definition) is 9. The number of hydrogen-bond donors (Lipinski definition) is 2. The van der Waals surface area contributed by atoms with Crippen molar-refractivity contribution in [1.82, 2.24) is 39.5 Å². The fourth-order valence-corrected chi connectivity index (χ4v) is 5.37. The van der Waals surface area contributed by atoms with Crippen LogP contribution in [-0.4, -0.2) is 82.6 Å². The number of nitrogens with one attached hydrogen (secondary N) is 2. The van der Waals surface area contributed by atoms with E-state index in [1.54, 1.807) is 44.0 Å². The van der Waals surface area contributed by atoms with E-state index in [0.717, 1.165) is 0 Å². The summed E-state index contributed by atoms with van der Waals surface area (Å²) in [6.45, 7) is 2.92. The van der Waals surface area contributed by atoms with Crippen LogP contribution in [0, 0.1) is 5.92 Å². The summed E-state index contributed by atoms with van der Waals surface area (Å²) in [4.78, 5) is 44.5. The standard InChI is InChI=1S/C30H31F2N9O5/c1-30(2,3)46-29(44)39-9-5-17(6-10-39)23(42)16-41-22-12-24(45-28(31)32)19(11-18(22)13-35-41)25-21(15-34-38-25)37-27(43)20-14-36-40-8-4-7-33-26(20)40/h4,7-8,11-15,17,28H,5-6,9-10,16H2,1-3H3,(H,34,38)(H,37,43). The van der Waals surface area contributed by atoms with E-state index < -0.39 is 24.2 Å². The van der Waals surface area contributed by atoms with Crippen LogP contribution < -0.4 is 10.1 Å². The molecular weight excluding hydrogens is 604 g/mol. The quantitative estimate of drug-likeness (QED) is 0.249. The molecule has 0 atom stereocenters. The second-order valence-corrected chi connectivity index (χ2v) is 11.9. The van der Waals surface area contributed by atoms with Crippen LogP contribution in [0.4, 0.5) is 19.3 Å². The number of aromatic amines is 1. The van der Waals surface area contributed by atoms with Gasteiger partial charge < -0.3 is 19.7 Å². The lowest BCUT2D eigenvalue weighted by molar-refractivity contribution is -0.125. The number of anilines is 1. The maximum absolute atomic E-state index is 13.6. The topological polar surface area (TPSA) is 162 Å². The van der Waals surface area contributed by atoms with E-state index in [1.165, 1.54) is 40.1 Å². The Morgan fingerprint density at radius 3 is 2.63 bits per heavy atom. The molecule has 0 unspecified atom stereocenters. The van der Waals surface area contributed by atoms with Gasteiger partial charge in [-0.3, -0.25) is 19.4 Å². The van der Waals surface area contributed by atoms with E-state index in [9.17, 15) is 23.2 Å². The number of Topliss-reactive ketones (excluding diaryl/α,β-unsaturated/α-hetero) is 1. The van der Waals surface area contributed by atoms with Crippen LogP contribution in [0.1, 0.15) is 44.0 Å². The molecule has 0 radical (unpaired) electrons. The molecule has 16 heteroatoms. The Labute approximate surface area is 260 Å². The van der Waals surface area contributed by atoms with E-state index >= 15 is 0 Å². The molecular formula is C30H31F2N9O5. The smallest absolute Gasteiger partial charge is 0.410 e. The van der Waals surface area contributed by atoms with E-state index in [4.69, 9.17) is 9.47 Å². The first-order chi connectivity index (χ1) is 22.0. The Kier molecular flexibility index (Phi) is 8.10. The molecule has 1 saturated heterocycles. The molecule has 240 valence electrons. The Morgan fingerprint density at radius 1 is 1.11 bits per heavy atom. The first kappa shape index (κ1) is 30.6. The van der Waals surface area contributed by atoms with Crippen molar-refractivity contribution < 1.29 is 32.6 Å². The molecule has 0 aliphatic carbocycles. The number of H-pyrrole nitrogens is 1. The zero-order valence-corrected chi connectivity index (χ0v) is 25.2. The third kappa shape index (κ3) is 6.36. The number of piperidine rings is 1. The number of ether oxygens (including phenoxy) is 2. The molecule has 2 amide bonds. The van der Waals surface area contributed by atoms with E-state index in [0.29, 0.717) is 42.5 Å². The Hall–Kier alpha value is -5.41. The minimum Gasteiger partial charge on any atom is -0.444 e. The summed E-state index contributed by atoms with van der Waals surface area (Å²) in [6.07, 6.45) is 7.95. The normalized spacial score (nSPS) is 14.3. The number of carbonyl (C=O) groups excluding carboxylic acids is 3. The first-order valence-corrected chi connectivity index (χ1v) is 14.6. The summed E-state index contributed by atoms with van der Waals surface area (Å²) in [5.74, 6) is -1.12. The molecule has 4 aromatic heterocycles. The van der Waals surface area contributed by atoms with Crippen LogP contribution in [0.15, 0.2) is 49.2 Å². The van der Waals surface area contributed by atoms with Gasteiger partial charge in [-0.1, -0.05) is 0 Å². The molecule has 1 fully saturated rings. The van der Waals surface area contributed by atoms with Crippen molar-refractivity contribution in [3.8, 4) is 17.0 Å². The summed E-state index contributed by atoms with van der Waals surface area (Å²) in [7, 11) is 0. The minimum absolute atomic E-state index is 0.0880. The number of rotatable bonds is 8. The van der Waals surface area contributed by atoms with Crippen molar-refractivity contribution in [1.29, 1.82) is 0 Å². The van der Waals surface area contributed by atoms with E-state index in [2.05, 4.69) is 30.7 Å². The van der Waals surface area contributed by atoms with Gasteiger partial charge in [-0.2, -0.15) is 24.1 Å². The van der Waals surface area contributed by atoms with Gasteiger partial charge >= 0.3 is 12.7 Å². The van der Waals surface area contributed by atoms with Crippen molar-refractivity contribution in [2.45, 2.75) is 52.4 Å². The average molecular weight is 636 g/mol. The highest BCUT2D eigenvalue weighted by Crippen LogP contribution is 2.38. The van der Waals surface area contributed by atoms with Gasteiger partial charge in [0.05, 0.1) is 35.5 Å². The van der Waals surface area contributed by atoms with Crippen molar-refractivity contribution in [3.63, 3.8) is 0 Å². The fraction of sp³-hybridized carbons (Fsp3) is 0.367. The summed E-state index contributed by atoms with van der Waals surface area (Å²) in [6, 6.07) is 4.62. The molecule has 2 N–H and O–H groups in total. The molecule has 1 aliphatic heterocycles. The summed E-state index contributed by atoms with van der Waals surface area (Å²) in [5, 5.41) is 18.5. The fourth-order valence-electron chi connectivity index (χ4n) is 5.37. The lowest BCUT2D eigenvalue weighted by atomic mass is 9.92. The van der Waals surface area contributed by atoms with Gasteiger partial charge in [0.2, 0.25) is 0 Å². The molecule has 5 aromatic rings. The molecule has 0 saturated carbocycles. The summed E-state index contributed by atoms with van der Waals surface area (Å²) in [5.41, 5.74) is 0.950. The Balaban J connectivity index is 1.21. The summed E-state index contributed by atoms with van der Waals surface area (Å²) < 4.78 is 40.4. The van der Waals surface area contributed by atoms with Crippen LogP contribution in [-0.2, 0) is 16.1 Å². The molecule has 1 aromatic carbocycles. The van der Waals surface area contributed by atoms with Crippen LogP contribution in [0.5, 0.6) is 5.75 Å². The molecule has 46 heavy (non-hydrogen) atoms. The second-order valence-electron chi connectivity index (χ2n) is 11.9. The van der Waals surface area contributed by atoms with Crippen molar-refractivity contribution in [2.24, 2.45) is 5.92 Å². The highest BCUT2D eigenvalue weighted by atomic mass is 19.3. The highest BCUT2D eigenvalue weighted by molar-refractivity contribution is 6.09. The van der Waals surface area contributed by atoms with Crippen molar-refractivity contribution in [3.05, 3.63) is 54.7 Å². The van der Waals surface area contributed by atoms with E-state index in [1.807, 2.05) is 0 Å². The molecule has 1 aliphatic rings. The van der Waals surface area contributed by atoms with E-state index in [-0.39, 0.29) is 46.5 Å². The number of likely N-dealkylation sites (tertiary alicyclic amines) is 1. The van der Waals surface area contributed by atoms with Crippen LogP contribution in [0.25, 0.3) is 27.8 Å². The molecule has 5 heterocycles. The third-order valence-electron chi connectivity index (χ3n) is 7.55. The number of halogens is 2. The lowest BCUT2D eigenvalue weighted by Gasteiger charge is -2.32. The average Bonchev–Trinajstić information content (AvgIpc) is 3.74. The predicted octanol–water partition coefficient (Wildman–Crippen LogP) is 4.54. The Morgan fingerprint density at radius 2 is 1.89 bits per heavy atom. The first-order valence-electron chi connectivity index (χ1n) is 14.6. The highest BCUT2D eigenvalue weighted by Gasteiger charge is 2.30. The maximum atomic E-state index is 13.6. The minimum atomic E-state index is -3.16. The maximum Gasteiger partial charge on any atom is 0.410 e. The van der Waals surface area contributed by atoms with Gasteiger partial charge in [0, 0.05) is 48.4 Å². The summed E-state index contributed by atoms with van der Waals surface area (Å²) >= 11 is 0. The predicted molar refractivity (Wildman–Crippen MR) is 160 cm³/mol. The monoisotopic (exact) mass is 635 g/mol. The van der Waals surface area contributed by atoms with Gasteiger partial charge in [0.25, 0.3) is 5.91 Å². The number of alkyl halides is 2. The van der Waals surface area contributed by atoms with Gasteiger partial charge in [0.1, 0.15) is 23.5 Å². The lowest BCUT2D eigenvalue weighted by Crippen LogP contribution is -2.43. The zero-order chi connectivity index (χ0) is 32.6. The van der Waals surface area contributed by atoms with Crippen LogP contribution in [0.2, 0.25) is 0 Å². The molecule has 0 spiro atoms. The second kappa shape index (κ2) is 12.2. The number of ketones is 1. The van der Waals surface area contributed by atoms with Crippen LogP contribution >= 0.6 is 0 Å². The Bertz CT molecular complexity index is 1920. The molecule has 6 rings (SSSR count). The van der Waals surface area contributed by atoms with Gasteiger partial charge in [-0.25, -0.2) is 14.3 Å². The van der Waals surface area contributed by atoms with Gasteiger partial charge in [0.15, 0.2) is 11.4 Å². The SMILES string of the molecule is CC(C)(C)OC(=O)N1CCC(C(=O)Cn2ncc3cc(-c4[nH]ncc4NC(=O)c4cnn5cccnc45)c(OC(F)F)cc32)CC1. The molecule has 0 bridgehead atoms. The number of amides is 2. The van der Waals surface area contributed by atoms with Crippen molar-refractivity contribution in [2.75, 3.05) is 18.4 Å². The van der Waals surface area contributed by atoms with Gasteiger partial charge in [-0.15, -0.1) is 0 Å². The third-order valence-corrected chi connectivity index (χ3v) is 7.55. The number of benzene rings is 1. The molecule has 14 nitrogen and oxygen atoms in total. The number of aromatic nitrogens is 7. The van der Waals surface area contributed by atoms with Gasteiger partial charge in [-0.05, 0) is 45.7 Å². The van der Waals surface area contributed by atoms with Crippen LogP contribution in [0.3, 0.4) is 0 Å². The largest absolute Gasteiger partial charge is 0.444 e.